The third kappa shape index (κ3) is 2.67. The smallest absolute Gasteiger partial charge is 0.230 e. The topological polar surface area (TPSA) is 60.2 Å². The van der Waals surface area contributed by atoms with Gasteiger partial charge in [-0.25, -0.2) is 0 Å². The predicted octanol–water partition coefficient (Wildman–Crippen LogP) is 2.60. The van der Waals surface area contributed by atoms with Crippen LogP contribution >= 0.6 is 0 Å². The van der Waals surface area contributed by atoms with E-state index in [4.69, 9.17) is 9.26 Å². The molecule has 1 aliphatic rings. The summed E-state index contributed by atoms with van der Waals surface area (Å²) in [7, 11) is 1.65. The van der Waals surface area contributed by atoms with Crippen LogP contribution in [0.4, 0.5) is 0 Å². The van der Waals surface area contributed by atoms with Crippen molar-refractivity contribution in [3.63, 3.8) is 0 Å². The fourth-order valence-corrected chi connectivity index (χ4v) is 2.61. The lowest BCUT2D eigenvalue weighted by molar-refractivity contribution is 0.295. The van der Waals surface area contributed by atoms with Gasteiger partial charge in [-0.2, -0.15) is 4.98 Å². The highest BCUT2D eigenvalue weighted by Gasteiger charge is 2.25. The standard InChI is InChI=1S/C15H19N3O2/c1-10-9-12(7-8-16-10)15-17-14(18-20-15)11-3-5-13(19-2)6-4-11/h3-6,10,12,16H,7-9H2,1-2H3/t10-,12-/m0/s1. The van der Waals surface area contributed by atoms with Crippen molar-refractivity contribution in [1.82, 2.24) is 15.5 Å². The van der Waals surface area contributed by atoms with Gasteiger partial charge in [0.25, 0.3) is 0 Å². The van der Waals surface area contributed by atoms with E-state index in [1.54, 1.807) is 7.11 Å². The molecule has 0 unspecified atom stereocenters. The summed E-state index contributed by atoms with van der Waals surface area (Å²) in [6.07, 6.45) is 2.10. The molecule has 0 radical (unpaired) electrons. The van der Waals surface area contributed by atoms with Crippen LogP contribution in [0.5, 0.6) is 5.75 Å². The lowest BCUT2D eigenvalue weighted by atomic mass is 9.93. The number of rotatable bonds is 3. The molecule has 2 atom stereocenters. The molecular formula is C15H19N3O2. The molecule has 5 nitrogen and oxygen atoms in total. The Morgan fingerprint density at radius 1 is 1.30 bits per heavy atom. The number of hydrogen-bond acceptors (Lipinski definition) is 5. The van der Waals surface area contributed by atoms with E-state index >= 15 is 0 Å². The summed E-state index contributed by atoms with van der Waals surface area (Å²) in [5.41, 5.74) is 0.947. The number of benzene rings is 1. The maximum Gasteiger partial charge on any atom is 0.230 e. The van der Waals surface area contributed by atoms with Gasteiger partial charge in [0.15, 0.2) is 0 Å². The summed E-state index contributed by atoms with van der Waals surface area (Å²) >= 11 is 0. The molecule has 1 N–H and O–H groups in total. The van der Waals surface area contributed by atoms with Crippen LogP contribution in [0.25, 0.3) is 11.4 Å². The van der Waals surface area contributed by atoms with Gasteiger partial charge in [-0.05, 0) is 50.6 Å². The van der Waals surface area contributed by atoms with Gasteiger partial charge in [0.05, 0.1) is 7.11 Å². The van der Waals surface area contributed by atoms with Gasteiger partial charge < -0.3 is 14.6 Å². The maximum atomic E-state index is 5.44. The van der Waals surface area contributed by atoms with Gasteiger partial charge in [-0.15, -0.1) is 0 Å². The zero-order valence-electron chi connectivity index (χ0n) is 11.8. The van der Waals surface area contributed by atoms with E-state index in [2.05, 4.69) is 22.4 Å². The normalized spacial score (nSPS) is 22.7. The number of nitrogens with zero attached hydrogens (tertiary/aromatic N) is 2. The van der Waals surface area contributed by atoms with E-state index in [0.717, 1.165) is 36.6 Å². The first-order valence-corrected chi connectivity index (χ1v) is 6.97. The van der Waals surface area contributed by atoms with E-state index in [1.165, 1.54) is 0 Å². The van der Waals surface area contributed by atoms with Crippen LogP contribution < -0.4 is 10.1 Å². The highest BCUT2D eigenvalue weighted by Crippen LogP contribution is 2.28. The zero-order valence-corrected chi connectivity index (χ0v) is 11.8. The molecule has 3 rings (SSSR count). The Labute approximate surface area is 118 Å². The summed E-state index contributed by atoms with van der Waals surface area (Å²) < 4.78 is 10.6. The van der Waals surface area contributed by atoms with Gasteiger partial charge in [-0.1, -0.05) is 5.16 Å². The largest absolute Gasteiger partial charge is 0.497 e. The second-order valence-electron chi connectivity index (χ2n) is 5.26. The Morgan fingerprint density at radius 2 is 2.10 bits per heavy atom. The van der Waals surface area contributed by atoms with Crippen LogP contribution in [0.1, 0.15) is 31.6 Å². The second-order valence-corrected chi connectivity index (χ2v) is 5.26. The van der Waals surface area contributed by atoms with Crippen LogP contribution in [-0.2, 0) is 0 Å². The van der Waals surface area contributed by atoms with Crippen molar-refractivity contribution < 1.29 is 9.26 Å². The number of nitrogens with one attached hydrogen (secondary N) is 1. The molecule has 0 aliphatic carbocycles. The number of hydrogen-bond donors (Lipinski definition) is 1. The fraction of sp³-hybridized carbons (Fsp3) is 0.467. The first-order valence-electron chi connectivity index (χ1n) is 6.97. The minimum Gasteiger partial charge on any atom is -0.497 e. The molecule has 5 heteroatoms. The summed E-state index contributed by atoms with van der Waals surface area (Å²) in [4.78, 5) is 4.55. The quantitative estimate of drug-likeness (QED) is 0.931. The van der Waals surface area contributed by atoms with Crippen molar-refractivity contribution in [2.24, 2.45) is 0 Å². The highest BCUT2D eigenvalue weighted by atomic mass is 16.5. The van der Waals surface area contributed by atoms with Crippen molar-refractivity contribution in [2.45, 2.75) is 31.7 Å². The molecule has 0 bridgehead atoms. The second kappa shape index (κ2) is 5.63. The SMILES string of the molecule is COc1ccc(-c2noc([C@H]3CCN[C@@H](C)C3)n2)cc1. The van der Waals surface area contributed by atoms with Gasteiger partial charge in [0.2, 0.25) is 11.7 Å². The van der Waals surface area contributed by atoms with Gasteiger partial charge in [0, 0.05) is 17.5 Å². The van der Waals surface area contributed by atoms with E-state index in [0.29, 0.717) is 17.8 Å². The Balaban J connectivity index is 1.78. The molecule has 1 aromatic carbocycles. The number of piperidine rings is 1. The summed E-state index contributed by atoms with van der Waals surface area (Å²) in [6.45, 7) is 3.19. The molecule has 0 amide bonds. The molecule has 1 aliphatic heterocycles. The van der Waals surface area contributed by atoms with E-state index in [-0.39, 0.29) is 0 Å². The molecule has 0 spiro atoms. The van der Waals surface area contributed by atoms with E-state index in [1.807, 2.05) is 24.3 Å². The number of methoxy groups -OCH3 is 1. The molecule has 2 aromatic rings. The van der Waals surface area contributed by atoms with E-state index in [9.17, 15) is 0 Å². The van der Waals surface area contributed by atoms with Crippen molar-refractivity contribution in [3.05, 3.63) is 30.2 Å². The molecule has 20 heavy (non-hydrogen) atoms. The van der Waals surface area contributed by atoms with Crippen molar-refractivity contribution in [3.8, 4) is 17.1 Å². The fourth-order valence-electron chi connectivity index (χ4n) is 2.61. The highest BCUT2D eigenvalue weighted by molar-refractivity contribution is 5.55. The minimum atomic E-state index is 0.366. The van der Waals surface area contributed by atoms with Crippen LogP contribution in [0.3, 0.4) is 0 Å². The molecule has 1 fully saturated rings. The van der Waals surface area contributed by atoms with Crippen LogP contribution in [0.2, 0.25) is 0 Å². The average molecular weight is 273 g/mol. The van der Waals surface area contributed by atoms with Gasteiger partial charge >= 0.3 is 0 Å². The van der Waals surface area contributed by atoms with Crippen LogP contribution in [0.15, 0.2) is 28.8 Å². The molecular weight excluding hydrogens is 254 g/mol. The minimum absolute atomic E-state index is 0.366. The van der Waals surface area contributed by atoms with Crippen molar-refractivity contribution >= 4 is 0 Å². The van der Waals surface area contributed by atoms with E-state index < -0.39 is 0 Å². The summed E-state index contributed by atoms with van der Waals surface area (Å²) in [6, 6.07) is 8.19. The van der Waals surface area contributed by atoms with Crippen LogP contribution in [-0.4, -0.2) is 29.8 Å². The Bertz CT molecular complexity index is 565. The third-order valence-corrected chi connectivity index (χ3v) is 3.76. The molecule has 2 heterocycles. The first kappa shape index (κ1) is 13.1. The summed E-state index contributed by atoms with van der Waals surface area (Å²) in [5.74, 6) is 2.59. The lowest BCUT2D eigenvalue weighted by Gasteiger charge is -2.25. The molecule has 1 saturated heterocycles. The third-order valence-electron chi connectivity index (χ3n) is 3.76. The van der Waals surface area contributed by atoms with Gasteiger partial charge in [-0.3, -0.25) is 0 Å². The maximum absolute atomic E-state index is 5.44. The Kier molecular flexibility index (Phi) is 3.69. The monoisotopic (exact) mass is 273 g/mol. The van der Waals surface area contributed by atoms with Crippen molar-refractivity contribution in [1.29, 1.82) is 0 Å². The predicted molar refractivity (Wildman–Crippen MR) is 75.7 cm³/mol. The van der Waals surface area contributed by atoms with Crippen molar-refractivity contribution in [2.75, 3.05) is 13.7 Å². The lowest BCUT2D eigenvalue weighted by Crippen LogP contribution is -2.34. The van der Waals surface area contributed by atoms with Crippen LogP contribution in [0, 0.1) is 0 Å². The average Bonchev–Trinajstić information content (AvgIpc) is 2.97. The van der Waals surface area contributed by atoms with Gasteiger partial charge in [0.1, 0.15) is 5.75 Å². The Morgan fingerprint density at radius 3 is 2.80 bits per heavy atom. The molecule has 106 valence electrons. The first-order chi connectivity index (χ1) is 9.76. The molecule has 0 saturated carbocycles. The zero-order chi connectivity index (χ0) is 13.9. The number of aromatic nitrogens is 2. The molecule has 1 aromatic heterocycles. The Hall–Kier alpha value is -1.88. The number of ether oxygens (including phenoxy) is 1. The summed E-state index contributed by atoms with van der Waals surface area (Å²) in [5, 5.41) is 7.52.